The lowest BCUT2D eigenvalue weighted by Gasteiger charge is -2.11. The standard InChI is InChI=1S/C18H18N6O3S/c1-22-14-6-3-2-5-12(14)13(17(22)26)11-15(25)19-8-9-23-18(27)24(21-20-23)16-7-4-10-28-16/h2-7,10,13H,8-9,11H2,1H3,(H,19,25)/t13-/m1/s1. The van der Waals surface area contributed by atoms with Crippen LogP contribution in [0.15, 0.2) is 46.6 Å². The van der Waals surface area contributed by atoms with E-state index in [9.17, 15) is 14.4 Å². The zero-order valence-corrected chi connectivity index (χ0v) is 15.9. The molecule has 0 unspecified atom stereocenters. The van der Waals surface area contributed by atoms with Crippen LogP contribution < -0.4 is 15.9 Å². The molecule has 3 heterocycles. The molecule has 2 aromatic heterocycles. The number of anilines is 1. The molecule has 1 aliphatic rings. The first-order valence-corrected chi connectivity index (χ1v) is 9.64. The topological polar surface area (TPSA) is 102 Å². The normalized spacial score (nSPS) is 15.7. The number of rotatable bonds is 6. The van der Waals surface area contributed by atoms with E-state index in [4.69, 9.17) is 0 Å². The number of fused-ring (bicyclic) bond motifs is 1. The summed E-state index contributed by atoms with van der Waals surface area (Å²) in [6.07, 6.45) is 0.0664. The first kappa shape index (κ1) is 18.1. The fourth-order valence-electron chi connectivity index (χ4n) is 3.27. The molecule has 0 saturated carbocycles. The van der Waals surface area contributed by atoms with E-state index in [0.717, 1.165) is 11.3 Å². The highest BCUT2D eigenvalue weighted by Gasteiger charge is 2.35. The van der Waals surface area contributed by atoms with Crippen molar-refractivity contribution in [2.45, 2.75) is 18.9 Å². The number of thiophene rings is 1. The molecule has 0 aliphatic carbocycles. The second-order valence-electron chi connectivity index (χ2n) is 6.41. The van der Waals surface area contributed by atoms with Crippen LogP contribution in [0.2, 0.25) is 0 Å². The van der Waals surface area contributed by atoms with Gasteiger partial charge in [-0.25, -0.2) is 4.79 Å². The van der Waals surface area contributed by atoms with Crippen LogP contribution in [0.1, 0.15) is 17.9 Å². The summed E-state index contributed by atoms with van der Waals surface area (Å²) in [5.41, 5.74) is 1.33. The molecule has 28 heavy (non-hydrogen) atoms. The number of likely N-dealkylation sites (N-methyl/N-ethyl adjacent to an activating group) is 1. The lowest BCUT2D eigenvalue weighted by atomic mass is 9.97. The highest BCUT2D eigenvalue weighted by Crippen LogP contribution is 2.37. The van der Waals surface area contributed by atoms with Gasteiger partial charge >= 0.3 is 5.69 Å². The molecule has 2 amide bonds. The van der Waals surface area contributed by atoms with Gasteiger partial charge in [-0.05, 0) is 39.6 Å². The van der Waals surface area contributed by atoms with E-state index in [1.165, 1.54) is 20.7 Å². The van der Waals surface area contributed by atoms with Crippen LogP contribution in [0.5, 0.6) is 0 Å². The Morgan fingerprint density at radius 3 is 2.79 bits per heavy atom. The first-order chi connectivity index (χ1) is 13.6. The maximum Gasteiger partial charge on any atom is 0.369 e. The van der Waals surface area contributed by atoms with Gasteiger partial charge in [0.1, 0.15) is 5.00 Å². The van der Waals surface area contributed by atoms with Gasteiger partial charge in [0.15, 0.2) is 0 Å². The monoisotopic (exact) mass is 398 g/mol. The summed E-state index contributed by atoms with van der Waals surface area (Å²) in [4.78, 5) is 38.6. The molecule has 9 nitrogen and oxygen atoms in total. The molecule has 144 valence electrons. The van der Waals surface area contributed by atoms with Gasteiger partial charge in [-0.15, -0.1) is 11.3 Å². The first-order valence-electron chi connectivity index (χ1n) is 8.76. The van der Waals surface area contributed by atoms with Crippen molar-refractivity contribution in [1.29, 1.82) is 0 Å². The minimum Gasteiger partial charge on any atom is -0.354 e. The Morgan fingerprint density at radius 2 is 2.00 bits per heavy atom. The number of carbonyl (C=O) groups is 2. The molecule has 10 heteroatoms. The number of aromatic nitrogens is 4. The van der Waals surface area contributed by atoms with Crippen LogP contribution in [-0.2, 0) is 16.1 Å². The summed E-state index contributed by atoms with van der Waals surface area (Å²) in [6.45, 7) is 0.422. The molecule has 4 rings (SSSR count). The zero-order valence-electron chi connectivity index (χ0n) is 15.1. The minimum absolute atomic E-state index is 0.0664. The van der Waals surface area contributed by atoms with Crippen LogP contribution in [0.3, 0.4) is 0 Å². The van der Waals surface area contributed by atoms with E-state index in [1.54, 1.807) is 18.0 Å². The van der Waals surface area contributed by atoms with Crippen molar-refractivity contribution >= 4 is 28.8 Å². The molecule has 0 bridgehead atoms. The van der Waals surface area contributed by atoms with Crippen molar-refractivity contribution in [3.8, 4) is 5.00 Å². The third-order valence-electron chi connectivity index (χ3n) is 4.69. The summed E-state index contributed by atoms with van der Waals surface area (Å²) in [5.74, 6) is -0.822. The number of para-hydroxylation sites is 1. The molecule has 1 atom stereocenters. The molecule has 0 spiro atoms. The van der Waals surface area contributed by atoms with Crippen molar-refractivity contribution in [2.24, 2.45) is 0 Å². The molecule has 1 N–H and O–H groups in total. The number of nitrogens with zero attached hydrogens (tertiary/aromatic N) is 5. The summed E-state index contributed by atoms with van der Waals surface area (Å²) in [5, 5.41) is 13.0. The van der Waals surface area contributed by atoms with Crippen LogP contribution in [-0.4, -0.2) is 45.2 Å². The van der Waals surface area contributed by atoms with Crippen molar-refractivity contribution in [3.05, 3.63) is 57.8 Å². The maximum absolute atomic E-state index is 12.4. The Kier molecular flexibility index (Phi) is 4.78. The van der Waals surface area contributed by atoms with E-state index in [2.05, 4.69) is 15.7 Å². The Hall–Kier alpha value is -3.27. The van der Waals surface area contributed by atoms with Gasteiger partial charge in [0.2, 0.25) is 11.8 Å². The van der Waals surface area contributed by atoms with Gasteiger partial charge in [-0.2, -0.15) is 9.36 Å². The third-order valence-corrected chi connectivity index (χ3v) is 5.54. The lowest BCUT2D eigenvalue weighted by molar-refractivity contribution is -0.125. The summed E-state index contributed by atoms with van der Waals surface area (Å²) >= 11 is 1.39. The molecule has 3 aromatic rings. The Morgan fingerprint density at radius 1 is 1.18 bits per heavy atom. The average Bonchev–Trinajstić information content (AvgIpc) is 3.39. The van der Waals surface area contributed by atoms with Gasteiger partial charge in [-0.1, -0.05) is 18.2 Å². The third kappa shape index (κ3) is 3.22. The van der Waals surface area contributed by atoms with Crippen LogP contribution >= 0.6 is 11.3 Å². The lowest BCUT2D eigenvalue weighted by Crippen LogP contribution is -2.33. The molecule has 1 aromatic carbocycles. The van der Waals surface area contributed by atoms with Gasteiger partial charge in [-0.3, -0.25) is 9.59 Å². The van der Waals surface area contributed by atoms with E-state index >= 15 is 0 Å². The molecule has 0 radical (unpaired) electrons. The van der Waals surface area contributed by atoms with E-state index < -0.39 is 5.92 Å². The Bertz CT molecular complexity index is 1070. The van der Waals surface area contributed by atoms with Crippen molar-refractivity contribution in [1.82, 2.24) is 25.1 Å². The van der Waals surface area contributed by atoms with E-state index in [-0.39, 0.29) is 37.0 Å². The number of amides is 2. The fourth-order valence-corrected chi connectivity index (χ4v) is 3.94. The average molecular weight is 398 g/mol. The Labute approximate surface area is 164 Å². The number of hydrogen-bond donors (Lipinski definition) is 1. The van der Waals surface area contributed by atoms with Crippen molar-refractivity contribution in [3.63, 3.8) is 0 Å². The van der Waals surface area contributed by atoms with Crippen molar-refractivity contribution < 1.29 is 9.59 Å². The van der Waals surface area contributed by atoms with Crippen LogP contribution in [0, 0.1) is 0 Å². The van der Waals surface area contributed by atoms with Crippen LogP contribution in [0.25, 0.3) is 5.00 Å². The largest absolute Gasteiger partial charge is 0.369 e. The molecule has 0 fully saturated rings. The predicted molar refractivity (Wildman–Crippen MR) is 104 cm³/mol. The molecule has 1 aliphatic heterocycles. The number of benzene rings is 1. The van der Waals surface area contributed by atoms with Gasteiger partial charge in [0, 0.05) is 25.7 Å². The van der Waals surface area contributed by atoms with Crippen LogP contribution in [0.4, 0.5) is 5.69 Å². The summed E-state index contributed by atoms with van der Waals surface area (Å²) in [6, 6.07) is 11.1. The summed E-state index contributed by atoms with van der Waals surface area (Å²) < 4.78 is 2.42. The second kappa shape index (κ2) is 7.39. The quantitative estimate of drug-likeness (QED) is 0.660. The predicted octanol–water partition coefficient (Wildman–Crippen LogP) is 0.757. The number of hydrogen-bond acceptors (Lipinski definition) is 6. The highest BCUT2D eigenvalue weighted by molar-refractivity contribution is 7.12. The SMILES string of the molecule is CN1C(=O)[C@H](CC(=O)NCCn2nnn(-c3cccs3)c2=O)c2ccccc21. The maximum atomic E-state index is 12.4. The zero-order chi connectivity index (χ0) is 19.7. The van der Waals surface area contributed by atoms with Gasteiger partial charge < -0.3 is 10.2 Å². The minimum atomic E-state index is -0.483. The summed E-state index contributed by atoms with van der Waals surface area (Å²) in [7, 11) is 1.71. The fraction of sp³-hybridized carbons (Fsp3) is 0.278. The van der Waals surface area contributed by atoms with E-state index in [0.29, 0.717) is 5.00 Å². The second-order valence-corrected chi connectivity index (χ2v) is 7.34. The Balaban J connectivity index is 1.35. The smallest absolute Gasteiger partial charge is 0.354 e. The molecular weight excluding hydrogens is 380 g/mol. The van der Waals surface area contributed by atoms with Gasteiger partial charge in [0.05, 0.1) is 12.5 Å². The van der Waals surface area contributed by atoms with Crippen molar-refractivity contribution in [2.75, 3.05) is 18.5 Å². The molecular formula is C18H18N6O3S. The van der Waals surface area contributed by atoms with E-state index in [1.807, 2.05) is 35.7 Å². The number of tetrazole rings is 1. The number of carbonyl (C=O) groups excluding carboxylic acids is 2. The molecule has 0 saturated heterocycles. The number of nitrogens with one attached hydrogen (secondary N) is 1. The van der Waals surface area contributed by atoms with Gasteiger partial charge in [0.25, 0.3) is 0 Å². The highest BCUT2D eigenvalue weighted by atomic mass is 32.1.